The predicted molar refractivity (Wildman–Crippen MR) is 70.6 cm³/mol. The first-order valence-electron chi connectivity index (χ1n) is 5.38. The fraction of sp³-hybridized carbons (Fsp3) is 0.455. The molecular weight excluding hydrogens is 279 g/mol. The number of sulfonamides is 1. The van der Waals surface area contributed by atoms with Crippen LogP contribution in [0.2, 0.25) is 5.02 Å². The van der Waals surface area contributed by atoms with E-state index in [9.17, 15) is 12.8 Å². The Morgan fingerprint density at radius 3 is 2.61 bits per heavy atom. The molecule has 0 aliphatic rings. The van der Waals surface area contributed by atoms with Crippen molar-refractivity contribution in [2.75, 3.05) is 26.4 Å². The molecule has 1 rings (SSSR count). The minimum Gasteiger partial charge on any atom is -0.312 e. The summed E-state index contributed by atoms with van der Waals surface area (Å²) in [5.41, 5.74) is 0.460. The third-order valence-corrected chi connectivity index (χ3v) is 4.49. The standard InChI is InChI=1S/C11H16ClFN2O2S/c1-15(2)18(16,17)6-5-14-8-9-3-4-10(12)7-11(9)13/h3-4,7,14H,5-6,8H2,1-2H3. The number of rotatable bonds is 6. The van der Waals surface area contributed by atoms with E-state index in [1.807, 2.05) is 0 Å². The second-order valence-corrected chi connectivity index (χ2v) is 6.75. The van der Waals surface area contributed by atoms with Gasteiger partial charge in [0.1, 0.15) is 5.82 Å². The lowest BCUT2D eigenvalue weighted by Gasteiger charge is -2.11. The van der Waals surface area contributed by atoms with E-state index in [0.29, 0.717) is 10.6 Å². The number of nitrogens with zero attached hydrogens (tertiary/aromatic N) is 1. The van der Waals surface area contributed by atoms with E-state index in [1.165, 1.54) is 20.2 Å². The van der Waals surface area contributed by atoms with Crippen LogP contribution in [0.3, 0.4) is 0 Å². The Kier molecular flexibility index (Phi) is 5.52. The lowest BCUT2D eigenvalue weighted by Crippen LogP contribution is -2.31. The van der Waals surface area contributed by atoms with Crippen molar-refractivity contribution >= 4 is 21.6 Å². The summed E-state index contributed by atoms with van der Waals surface area (Å²) in [5, 5.41) is 3.22. The minimum absolute atomic E-state index is 0.0186. The maximum Gasteiger partial charge on any atom is 0.214 e. The van der Waals surface area contributed by atoms with Crippen molar-refractivity contribution < 1.29 is 12.8 Å². The molecule has 0 atom stereocenters. The van der Waals surface area contributed by atoms with E-state index in [4.69, 9.17) is 11.6 Å². The van der Waals surface area contributed by atoms with Gasteiger partial charge in [-0.15, -0.1) is 0 Å². The highest BCUT2D eigenvalue weighted by Gasteiger charge is 2.12. The monoisotopic (exact) mass is 294 g/mol. The highest BCUT2D eigenvalue weighted by molar-refractivity contribution is 7.89. The van der Waals surface area contributed by atoms with Crippen LogP contribution in [0.1, 0.15) is 5.56 Å². The van der Waals surface area contributed by atoms with Gasteiger partial charge in [0.05, 0.1) is 5.75 Å². The average molecular weight is 295 g/mol. The Labute approximate surface area is 112 Å². The Hall–Kier alpha value is -0.690. The molecule has 0 bridgehead atoms. The lowest BCUT2D eigenvalue weighted by molar-refractivity contribution is 0.516. The molecule has 0 radical (unpaired) electrons. The van der Waals surface area contributed by atoms with Crippen molar-refractivity contribution in [3.63, 3.8) is 0 Å². The molecule has 1 aromatic carbocycles. The zero-order chi connectivity index (χ0) is 13.8. The van der Waals surface area contributed by atoms with Crippen LogP contribution in [0.4, 0.5) is 4.39 Å². The molecule has 1 aromatic rings. The third-order valence-electron chi connectivity index (χ3n) is 2.42. The van der Waals surface area contributed by atoms with Crippen LogP contribution in [0.15, 0.2) is 18.2 Å². The number of hydrogen-bond acceptors (Lipinski definition) is 3. The van der Waals surface area contributed by atoms with Gasteiger partial charge >= 0.3 is 0 Å². The summed E-state index contributed by atoms with van der Waals surface area (Å²) < 4.78 is 37.4. The van der Waals surface area contributed by atoms with Gasteiger partial charge in [0.15, 0.2) is 0 Å². The number of halogens is 2. The van der Waals surface area contributed by atoms with Crippen LogP contribution in [-0.2, 0) is 16.6 Å². The highest BCUT2D eigenvalue weighted by atomic mass is 35.5. The SMILES string of the molecule is CN(C)S(=O)(=O)CCNCc1ccc(Cl)cc1F. The van der Waals surface area contributed by atoms with Crippen LogP contribution < -0.4 is 5.32 Å². The molecule has 0 aliphatic heterocycles. The highest BCUT2D eigenvalue weighted by Crippen LogP contribution is 2.14. The second kappa shape index (κ2) is 6.47. The lowest BCUT2D eigenvalue weighted by atomic mass is 10.2. The van der Waals surface area contributed by atoms with E-state index >= 15 is 0 Å². The van der Waals surface area contributed by atoms with Gasteiger partial charge in [0.25, 0.3) is 0 Å². The van der Waals surface area contributed by atoms with Gasteiger partial charge in [-0.25, -0.2) is 17.1 Å². The van der Waals surface area contributed by atoms with Crippen LogP contribution in [0.5, 0.6) is 0 Å². The molecule has 0 heterocycles. The van der Waals surface area contributed by atoms with Crippen LogP contribution >= 0.6 is 11.6 Å². The number of benzene rings is 1. The van der Waals surface area contributed by atoms with Gasteiger partial charge < -0.3 is 5.32 Å². The minimum atomic E-state index is -3.21. The first kappa shape index (κ1) is 15.4. The molecular formula is C11H16ClFN2O2S. The summed E-state index contributed by atoms with van der Waals surface area (Å²) in [5.74, 6) is -0.416. The van der Waals surface area contributed by atoms with Crippen molar-refractivity contribution in [1.82, 2.24) is 9.62 Å². The summed E-state index contributed by atoms with van der Waals surface area (Å²) >= 11 is 5.63. The molecule has 18 heavy (non-hydrogen) atoms. The molecule has 1 N–H and O–H groups in total. The number of hydrogen-bond donors (Lipinski definition) is 1. The smallest absolute Gasteiger partial charge is 0.214 e. The van der Waals surface area contributed by atoms with Crippen LogP contribution in [0.25, 0.3) is 0 Å². The van der Waals surface area contributed by atoms with Gasteiger partial charge in [-0.2, -0.15) is 0 Å². The number of nitrogens with one attached hydrogen (secondary N) is 1. The molecule has 102 valence electrons. The van der Waals surface area contributed by atoms with Gasteiger partial charge in [-0.05, 0) is 12.1 Å². The Morgan fingerprint density at radius 2 is 2.06 bits per heavy atom. The fourth-order valence-corrected chi connectivity index (χ4v) is 2.20. The van der Waals surface area contributed by atoms with Crippen molar-refractivity contribution in [2.45, 2.75) is 6.54 Å². The average Bonchev–Trinajstić information content (AvgIpc) is 2.26. The maximum atomic E-state index is 13.4. The summed E-state index contributed by atoms with van der Waals surface area (Å²) in [4.78, 5) is 0. The molecule has 0 fully saturated rings. The molecule has 4 nitrogen and oxygen atoms in total. The van der Waals surface area contributed by atoms with E-state index in [1.54, 1.807) is 12.1 Å². The van der Waals surface area contributed by atoms with Gasteiger partial charge in [0, 0.05) is 37.8 Å². The molecule has 0 aliphatic carbocycles. The van der Waals surface area contributed by atoms with Crippen molar-refractivity contribution in [1.29, 1.82) is 0 Å². The Balaban J connectivity index is 2.43. The van der Waals surface area contributed by atoms with Crippen LogP contribution in [0, 0.1) is 5.82 Å². The largest absolute Gasteiger partial charge is 0.312 e. The van der Waals surface area contributed by atoms with E-state index in [-0.39, 0.29) is 18.8 Å². The Bertz CT molecular complexity index is 506. The molecule has 0 spiro atoms. The zero-order valence-electron chi connectivity index (χ0n) is 10.3. The van der Waals surface area contributed by atoms with Crippen LogP contribution in [-0.4, -0.2) is 39.1 Å². The molecule has 0 saturated carbocycles. The van der Waals surface area contributed by atoms with Gasteiger partial charge in [-0.3, -0.25) is 0 Å². The summed E-state index contributed by atoms with van der Waals surface area (Å²) in [7, 11) is -0.253. The quantitative estimate of drug-likeness (QED) is 0.808. The molecule has 0 amide bonds. The van der Waals surface area contributed by atoms with Crippen molar-refractivity contribution in [2.24, 2.45) is 0 Å². The van der Waals surface area contributed by atoms with Crippen molar-refractivity contribution in [3.05, 3.63) is 34.6 Å². The molecule has 7 heteroatoms. The Morgan fingerprint density at radius 1 is 1.39 bits per heavy atom. The van der Waals surface area contributed by atoms with E-state index in [2.05, 4.69) is 5.32 Å². The normalized spacial score (nSPS) is 12.1. The molecule has 0 unspecified atom stereocenters. The summed E-state index contributed by atoms with van der Waals surface area (Å²) in [6, 6.07) is 4.40. The second-order valence-electron chi connectivity index (χ2n) is 4.01. The van der Waals surface area contributed by atoms with E-state index in [0.717, 1.165) is 4.31 Å². The first-order valence-corrected chi connectivity index (χ1v) is 7.36. The van der Waals surface area contributed by atoms with E-state index < -0.39 is 15.8 Å². The maximum absolute atomic E-state index is 13.4. The fourth-order valence-electron chi connectivity index (χ4n) is 1.27. The van der Waals surface area contributed by atoms with Crippen molar-refractivity contribution in [3.8, 4) is 0 Å². The summed E-state index contributed by atoms with van der Waals surface area (Å²) in [6.07, 6.45) is 0. The predicted octanol–water partition coefficient (Wildman–Crippen LogP) is 1.46. The molecule has 0 saturated heterocycles. The first-order chi connectivity index (χ1) is 8.33. The van der Waals surface area contributed by atoms with Gasteiger partial charge in [0.2, 0.25) is 10.0 Å². The zero-order valence-corrected chi connectivity index (χ0v) is 11.9. The summed E-state index contributed by atoms with van der Waals surface area (Å²) in [6.45, 7) is 0.536. The third kappa shape index (κ3) is 4.53. The molecule has 0 aromatic heterocycles. The topological polar surface area (TPSA) is 49.4 Å². The van der Waals surface area contributed by atoms with Gasteiger partial charge in [-0.1, -0.05) is 17.7 Å².